The number of fused-ring (bicyclic) bond motifs is 1. The summed E-state index contributed by atoms with van der Waals surface area (Å²) in [5, 5.41) is 1.03. The Kier molecular flexibility index (Phi) is 4.34. The summed E-state index contributed by atoms with van der Waals surface area (Å²) in [6.07, 6.45) is 2.23. The van der Waals surface area contributed by atoms with Crippen LogP contribution in [0.4, 0.5) is 5.69 Å². The maximum atomic E-state index is 13.0. The third kappa shape index (κ3) is 3.16. The monoisotopic (exact) mass is 360 g/mol. The molecule has 0 radical (unpaired) electrons. The molecule has 138 valence electrons. The first-order valence-corrected chi connectivity index (χ1v) is 9.52. The molecular weight excluding hydrogens is 336 g/mol. The molecule has 0 bridgehead atoms. The number of pyridine rings is 1. The van der Waals surface area contributed by atoms with Gasteiger partial charge in [0.25, 0.3) is 11.5 Å². The molecule has 1 aliphatic rings. The second-order valence-corrected chi connectivity index (χ2v) is 7.39. The standard InChI is InChI=1S/C23H24N2O2/c1-4-25-21-12-9-17(13-20(21)19(14-22(25)26)16-7-8-16)23(27)24(3)18-10-5-15(2)6-11-18/h5-6,9-14,16H,4,7-8H2,1-3H3. The first-order chi connectivity index (χ1) is 13.0. The van der Waals surface area contributed by atoms with Gasteiger partial charge in [-0.2, -0.15) is 0 Å². The number of benzene rings is 2. The minimum Gasteiger partial charge on any atom is -0.311 e. The van der Waals surface area contributed by atoms with E-state index >= 15 is 0 Å². The van der Waals surface area contributed by atoms with Gasteiger partial charge in [0, 0.05) is 36.3 Å². The predicted octanol–water partition coefficient (Wildman–Crippen LogP) is 4.48. The lowest BCUT2D eigenvalue weighted by atomic mass is 10.0. The minimum absolute atomic E-state index is 0.0442. The van der Waals surface area contributed by atoms with Gasteiger partial charge in [-0.15, -0.1) is 0 Å². The van der Waals surface area contributed by atoms with Crippen molar-refractivity contribution in [2.45, 2.75) is 39.2 Å². The summed E-state index contributed by atoms with van der Waals surface area (Å²) in [5.74, 6) is 0.406. The normalized spacial score (nSPS) is 13.7. The Bertz CT molecular complexity index is 1080. The largest absolute Gasteiger partial charge is 0.311 e. The molecule has 2 aromatic carbocycles. The molecule has 4 heteroatoms. The highest BCUT2D eigenvalue weighted by atomic mass is 16.2. The Morgan fingerprint density at radius 2 is 1.81 bits per heavy atom. The SMILES string of the molecule is CCn1c(=O)cc(C2CC2)c2cc(C(=O)N(C)c3ccc(C)cc3)ccc21. The van der Waals surface area contributed by atoms with E-state index in [0.717, 1.165) is 40.6 Å². The van der Waals surface area contributed by atoms with Crippen molar-refractivity contribution < 1.29 is 4.79 Å². The topological polar surface area (TPSA) is 42.3 Å². The molecule has 4 nitrogen and oxygen atoms in total. The van der Waals surface area contributed by atoms with Gasteiger partial charge in [0.1, 0.15) is 0 Å². The van der Waals surface area contributed by atoms with E-state index in [1.54, 1.807) is 22.6 Å². The first-order valence-electron chi connectivity index (χ1n) is 9.52. The van der Waals surface area contributed by atoms with Crippen LogP contribution in [-0.2, 0) is 6.54 Å². The fourth-order valence-corrected chi connectivity index (χ4v) is 3.68. The smallest absolute Gasteiger partial charge is 0.258 e. The average Bonchev–Trinajstić information content (AvgIpc) is 3.51. The van der Waals surface area contributed by atoms with Gasteiger partial charge in [-0.25, -0.2) is 0 Å². The van der Waals surface area contributed by atoms with Crippen molar-refractivity contribution in [3.63, 3.8) is 0 Å². The average molecular weight is 360 g/mol. The third-order valence-electron chi connectivity index (χ3n) is 5.45. The van der Waals surface area contributed by atoms with Crippen LogP contribution >= 0.6 is 0 Å². The van der Waals surface area contributed by atoms with Crippen LogP contribution in [0.3, 0.4) is 0 Å². The number of aromatic nitrogens is 1. The van der Waals surface area contributed by atoms with Gasteiger partial charge in [-0.3, -0.25) is 9.59 Å². The van der Waals surface area contributed by atoms with Gasteiger partial charge in [-0.05, 0) is 68.5 Å². The summed E-state index contributed by atoms with van der Waals surface area (Å²) in [6, 6.07) is 15.4. The zero-order valence-electron chi connectivity index (χ0n) is 16.0. The predicted molar refractivity (Wildman–Crippen MR) is 110 cm³/mol. The molecule has 27 heavy (non-hydrogen) atoms. The zero-order chi connectivity index (χ0) is 19.1. The Morgan fingerprint density at radius 3 is 2.44 bits per heavy atom. The molecule has 0 unspecified atom stereocenters. The van der Waals surface area contributed by atoms with Crippen LogP contribution in [0.25, 0.3) is 10.9 Å². The summed E-state index contributed by atoms with van der Waals surface area (Å²) < 4.78 is 1.78. The van der Waals surface area contributed by atoms with Crippen molar-refractivity contribution in [2.75, 3.05) is 11.9 Å². The van der Waals surface area contributed by atoms with Gasteiger partial charge >= 0.3 is 0 Å². The summed E-state index contributed by atoms with van der Waals surface area (Å²) in [6.45, 7) is 4.63. The molecule has 1 heterocycles. The molecule has 0 spiro atoms. The van der Waals surface area contributed by atoms with Gasteiger partial charge in [0.05, 0.1) is 5.52 Å². The van der Waals surface area contributed by atoms with E-state index in [-0.39, 0.29) is 11.5 Å². The van der Waals surface area contributed by atoms with Gasteiger partial charge in [0.15, 0.2) is 0 Å². The van der Waals surface area contributed by atoms with Gasteiger partial charge in [-0.1, -0.05) is 17.7 Å². The number of amides is 1. The maximum absolute atomic E-state index is 13.0. The van der Waals surface area contributed by atoms with Crippen LogP contribution in [0, 0.1) is 6.92 Å². The van der Waals surface area contributed by atoms with Crippen molar-refractivity contribution in [3.05, 3.63) is 75.6 Å². The molecule has 0 aliphatic heterocycles. The van der Waals surface area contributed by atoms with E-state index in [0.29, 0.717) is 18.0 Å². The number of rotatable bonds is 4. The van der Waals surface area contributed by atoms with Crippen LogP contribution in [0.5, 0.6) is 0 Å². The Hall–Kier alpha value is -2.88. The molecular formula is C23H24N2O2. The van der Waals surface area contributed by atoms with E-state index < -0.39 is 0 Å². The number of anilines is 1. The molecule has 1 aromatic heterocycles. The van der Waals surface area contributed by atoms with Crippen molar-refractivity contribution in [1.82, 2.24) is 4.57 Å². The number of aryl methyl sites for hydroxylation is 2. The molecule has 0 saturated heterocycles. The zero-order valence-corrected chi connectivity index (χ0v) is 16.0. The van der Waals surface area contributed by atoms with Crippen LogP contribution in [0.2, 0.25) is 0 Å². The number of nitrogens with zero attached hydrogens (tertiary/aromatic N) is 2. The van der Waals surface area contributed by atoms with Crippen LogP contribution in [0.1, 0.15) is 47.2 Å². The lowest BCUT2D eigenvalue weighted by Gasteiger charge is -2.19. The van der Waals surface area contributed by atoms with Crippen molar-refractivity contribution in [2.24, 2.45) is 0 Å². The van der Waals surface area contributed by atoms with E-state index in [1.807, 2.05) is 56.3 Å². The fraction of sp³-hybridized carbons (Fsp3) is 0.304. The Labute approximate surface area is 159 Å². The van der Waals surface area contributed by atoms with E-state index in [9.17, 15) is 9.59 Å². The molecule has 0 atom stereocenters. The van der Waals surface area contributed by atoms with Crippen molar-refractivity contribution >= 4 is 22.5 Å². The molecule has 1 fully saturated rings. The first kappa shape index (κ1) is 17.5. The maximum Gasteiger partial charge on any atom is 0.258 e. The second kappa shape index (κ2) is 6.69. The summed E-state index contributed by atoms with van der Waals surface area (Å²) in [5.41, 5.74) is 4.73. The lowest BCUT2D eigenvalue weighted by Crippen LogP contribution is -2.26. The molecule has 1 saturated carbocycles. The summed E-state index contributed by atoms with van der Waals surface area (Å²) in [7, 11) is 1.80. The molecule has 3 aromatic rings. The van der Waals surface area contributed by atoms with Crippen LogP contribution in [-0.4, -0.2) is 17.5 Å². The fourth-order valence-electron chi connectivity index (χ4n) is 3.68. The minimum atomic E-state index is -0.0447. The van der Waals surface area contributed by atoms with Crippen molar-refractivity contribution in [3.8, 4) is 0 Å². The van der Waals surface area contributed by atoms with Gasteiger partial charge in [0.2, 0.25) is 0 Å². The Morgan fingerprint density at radius 1 is 1.11 bits per heavy atom. The Balaban J connectivity index is 1.79. The molecule has 1 amide bonds. The third-order valence-corrected chi connectivity index (χ3v) is 5.45. The van der Waals surface area contributed by atoms with E-state index in [1.165, 1.54) is 0 Å². The number of hydrogen-bond donors (Lipinski definition) is 0. The summed E-state index contributed by atoms with van der Waals surface area (Å²) in [4.78, 5) is 27.2. The number of hydrogen-bond acceptors (Lipinski definition) is 2. The lowest BCUT2D eigenvalue weighted by molar-refractivity contribution is 0.0993. The van der Waals surface area contributed by atoms with Crippen LogP contribution in [0.15, 0.2) is 53.3 Å². The van der Waals surface area contributed by atoms with Gasteiger partial charge < -0.3 is 9.47 Å². The second-order valence-electron chi connectivity index (χ2n) is 7.39. The highest BCUT2D eigenvalue weighted by molar-refractivity contribution is 6.07. The molecule has 0 N–H and O–H groups in total. The van der Waals surface area contributed by atoms with E-state index in [4.69, 9.17) is 0 Å². The molecule has 4 rings (SSSR count). The number of carbonyl (C=O) groups is 1. The molecule has 1 aliphatic carbocycles. The van der Waals surface area contributed by atoms with E-state index in [2.05, 4.69) is 0 Å². The van der Waals surface area contributed by atoms with Crippen molar-refractivity contribution in [1.29, 1.82) is 0 Å². The van der Waals surface area contributed by atoms with Crippen LogP contribution < -0.4 is 10.5 Å². The summed E-state index contributed by atoms with van der Waals surface area (Å²) >= 11 is 0. The number of carbonyl (C=O) groups excluding carboxylic acids is 1. The highest BCUT2D eigenvalue weighted by Gasteiger charge is 2.27. The highest BCUT2D eigenvalue weighted by Crippen LogP contribution is 2.42. The quantitative estimate of drug-likeness (QED) is 0.688.